The average Bonchev–Trinajstić information content (AvgIpc) is 3.30. The minimum atomic E-state index is -2.80. The van der Waals surface area contributed by atoms with E-state index in [9.17, 15) is 24.3 Å². The lowest BCUT2D eigenvalue weighted by Crippen LogP contribution is -2.63. The summed E-state index contributed by atoms with van der Waals surface area (Å²) < 4.78 is 4.96. The van der Waals surface area contributed by atoms with Crippen LogP contribution < -0.4 is 11.2 Å². The first kappa shape index (κ1) is 22.7. The first-order valence-corrected chi connectivity index (χ1v) is 8.93. The number of carbonyl (C=O) groups is 4. The maximum atomic E-state index is 12.2. The first-order chi connectivity index (χ1) is 14.1. The van der Waals surface area contributed by atoms with E-state index in [1.807, 2.05) is 0 Å². The standard InChI is InChI=1S/C15H18N2O7.C6H4/c1-9(18)12(15(16,14(21)22)24-17-10(2)19)13(20)23-8-11-6-4-3-5-7-11;1-2-5-4-6(5)3-1/h3-7,12H,8,16H2,1-2H3,(H,17,19)(H,21,22);1-4H. The van der Waals surface area contributed by atoms with Crippen LogP contribution in [0.1, 0.15) is 19.4 Å². The third-order valence-electron chi connectivity index (χ3n) is 4.11. The molecule has 0 heterocycles. The number of benzene rings is 2. The number of hydroxylamine groups is 1. The van der Waals surface area contributed by atoms with Crippen LogP contribution in [0.3, 0.4) is 0 Å². The highest BCUT2D eigenvalue weighted by Gasteiger charge is 2.53. The number of fused-ring (bicyclic) bond motifs is 1. The molecule has 1 aromatic rings. The van der Waals surface area contributed by atoms with Gasteiger partial charge in [0, 0.05) is 6.92 Å². The van der Waals surface area contributed by atoms with Gasteiger partial charge in [-0.3, -0.25) is 20.1 Å². The molecular formula is C21H22N2O7. The molecule has 2 atom stereocenters. The predicted molar refractivity (Wildman–Crippen MR) is 105 cm³/mol. The molecule has 2 aliphatic rings. The topological polar surface area (TPSA) is 145 Å². The molecule has 0 saturated heterocycles. The molecule has 30 heavy (non-hydrogen) atoms. The highest BCUT2D eigenvalue weighted by Crippen LogP contribution is 2.32. The summed E-state index contributed by atoms with van der Waals surface area (Å²) in [5.74, 6) is -6.60. The van der Waals surface area contributed by atoms with Crippen LogP contribution in [0.15, 0.2) is 54.6 Å². The van der Waals surface area contributed by atoms with Crippen molar-refractivity contribution in [2.75, 3.05) is 0 Å². The SMILES string of the molecule is CC(=O)NOC(N)(C(=O)O)C(C(C)=O)C(=O)OCc1ccccc1.c1cc2cc-2c1. The number of nitrogens with one attached hydrogen (secondary N) is 1. The van der Waals surface area contributed by atoms with E-state index >= 15 is 0 Å². The second kappa shape index (κ2) is 9.77. The summed E-state index contributed by atoms with van der Waals surface area (Å²) in [6, 6.07) is 17.0. The molecule has 1 aromatic carbocycles. The zero-order valence-corrected chi connectivity index (χ0v) is 16.5. The van der Waals surface area contributed by atoms with Crippen LogP contribution in [0, 0.1) is 5.92 Å². The number of amides is 1. The van der Waals surface area contributed by atoms with Gasteiger partial charge < -0.3 is 9.84 Å². The van der Waals surface area contributed by atoms with Crippen LogP contribution in [0.2, 0.25) is 0 Å². The summed E-state index contributed by atoms with van der Waals surface area (Å²) in [7, 11) is 0. The maximum absolute atomic E-state index is 12.2. The Hall–Kier alpha value is -3.56. The van der Waals surface area contributed by atoms with E-state index in [0.717, 1.165) is 13.8 Å². The molecule has 0 spiro atoms. The van der Waals surface area contributed by atoms with E-state index in [0.29, 0.717) is 5.56 Å². The number of carboxylic acids is 1. The van der Waals surface area contributed by atoms with Crippen LogP contribution in [0.5, 0.6) is 0 Å². The number of esters is 1. The molecule has 2 unspecified atom stereocenters. The zero-order valence-electron chi connectivity index (χ0n) is 16.5. The van der Waals surface area contributed by atoms with Gasteiger partial charge >= 0.3 is 11.9 Å². The molecular weight excluding hydrogens is 392 g/mol. The quantitative estimate of drug-likeness (QED) is 0.217. The molecule has 158 valence electrons. The number of hydrogen-bond acceptors (Lipinski definition) is 7. The third-order valence-corrected chi connectivity index (χ3v) is 4.11. The molecule has 0 fully saturated rings. The summed E-state index contributed by atoms with van der Waals surface area (Å²) in [5, 5.41) is 9.24. The van der Waals surface area contributed by atoms with Crippen molar-refractivity contribution in [2.45, 2.75) is 26.2 Å². The summed E-state index contributed by atoms with van der Waals surface area (Å²) in [6.07, 6.45) is 0. The Kier molecular flexibility index (Phi) is 7.40. The number of rotatable bonds is 8. The van der Waals surface area contributed by atoms with E-state index in [4.69, 9.17) is 10.5 Å². The number of hydrogen-bond donors (Lipinski definition) is 3. The van der Waals surface area contributed by atoms with Crippen molar-refractivity contribution in [3.63, 3.8) is 0 Å². The Morgan fingerprint density at radius 2 is 1.63 bits per heavy atom. The fraction of sp³-hybridized carbons (Fsp3) is 0.238. The van der Waals surface area contributed by atoms with Gasteiger partial charge in [-0.1, -0.05) is 48.5 Å². The molecule has 2 aliphatic carbocycles. The fourth-order valence-corrected chi connectivity index (χ4v) is 2.51. The average molecular weight is 414 g/mol. The van der Waals surface area contributed by atoms with Crippen molar-refractivity contribution in [2.24, 2.45) is 11.7 Å². The minimum Gasteiger partial charge on any atom is -0.478 e. The Morgan fingerprint density at radius 3 is 2.03 bits per heavy atom. The van der Waals surface area contributed by atoms with E-state index < -0.39 is 35.3 Å². The molecule has 4 N–H and O–H groups in total. The largest absolute Gasteiger partial charge is 0.478 e. The van der Waals surface area contributed by atoms with Gasteiger partial charge in [-0.05, 0) is 29.7 Å². The first-order valence-electron chi connectivity index (χ1n) is 8.93. The molecule has 0 bridgehead atoms. The Morgan fingerprint density at radius 1 is 1.03 bits per heavy atom. The zero-order chi connectivity index (χ0) is 22.3. The monoisotopic (exact) mass is 414 g/mol. The summed E-state index contributed by atoms with van der Waals surface area (Å²) >= 11 is 0. The van der Waals surface area contributed by atoms with Crippen molar-refractivity contribution in [3.8, 4) is 11.1 Å². The number of carboxylic acid groups (broad SMARTS) is 1. The molecule has 0 saturated carbocycles. The van der Waals surface area contributed by atoms with Crippen LogP contribution in [-0.2, 0) is 35.4 Å². The molecule has 0 radical (unpaired) electrons. The van der Waals surface area contributed by atoms with Gasteiger partial charge in [0.2, 0.25) is 5.91 Å². The smallest absolute Gasteiger partial charge is 0.355 e. The van der Waals surface area contributed by atoms with E-state index in [-0.39, 0.29) is 6.61 Å². The predicted octanol–water partition coefficient (Wildman–Crippen LogP) is 1.41. The number of carbonyl (C=O) groups excluding carboxylic acids is 3. The van der Waals surface area contributed by atoms with Gasteiger partial charge in [-0.25, -0.2) is 15.1 Å². The van der Waals surface area contributed by atoms with Crippen LogP contribution in [0.4, 0.5) is 0 Å². The van der Waals surface area contributed by atoms with Crippen LogP contribution in [0.25, 0.3) is 11.1 Å². The molecule has 9 heteroatoms. The van der Waals surface area contributed by atoms with Gasteiger partial charge in [-0.2, -0.15) is 0 Å². The van der Waals surface area contributed by atoms with Crippen molar-refractivity contribution < 1.29 is 33.9 Å². The fourth-order valence-electron chi connectivity index (χ4n) is 2.51. The maximum Gasteiger partial charge on any atom is 0.355 e. The minimum absolute atomic E-state index is 0.181. The lowest BCUT2D eigenvalue weighted by atomic mass is 9.92. The number of ether oxygens (including phenoxy) is 1. The second-order valence-electron chi connectivity index (χ2n) is 6.58. The molecule has 9 nitrogen and oxygen atoms in total. The highest BCUT2D eigenvalue weighted by molar-refractivity contribution is 6.03. The van der Waals surface area contributed by atoms with Crippen LogP contribution in [-0.4, -0.2) is 34.5 Å². The van der Waals surface area contributed by atoms with Gasteiger partial charge in [0.05, 0.1) is 0 Å². The number of nitrogens with two attached hydrogens (primary N) is 1. The normalized spacial score (nSPS) is 13.6. The molecule has 3 rings (SSSR count). The number of aliphatic carboxylic acids is 1. The van der Waals surface area contributed by atoms with Gasteiger partial charge in [0.15, 0.2) is 5.92 Å². The number of ketones is 1. The van der Waals surface area contributed by atoms with E-state index in [2.05, 4.69) is 29.1 Å². The summed E-state index contributed by atoms with van der Waals surface area (Å²) in [6.45, 7) is 1.83. The van der Waals surface area contributed by atoms with Gasteiger partial charge in [0.25, 0.3) is 5.72 Å². The summed E-state index contributed by atoms with van der Waals surface area (Å²) in [4.78, 5) is 50.8. The second-order valence-corrected chi connectivity index (χ2v) is 6.58. The van der Waals surface area contributed by atoms with Crippen molar-refractivity contribution >= 4 is 23.6 Å². The van der Waals surface area contributed by atoms with Gasteiger partial charge in [-0.15, -0.1) is 0 Å². The molecule has 1 amide bonds. The van der Waals surface area contributed by atoms with Gasteiger partial charge in [0.1, 0.15) is 12.4 Å². The van der Waals surface area contributed by atoms with Crippen molar-refractivity contribution in [1.82, 2.24) is 5.48 Å². The Balaban J connectivity index is 0.000000443. The van der Waals surface area contributed by atoms with Crippen molar-refractivity contribution in [3.05, 3.63) is 60.2 Å². The van der Waals surface area contributed by atoms with E-state index in [1.165, 1.54) is 11.1 Å². The van der Waals surface area contributed by atoms with E-state index in [1.54, 1.807) is 35.8 Å². The third kappa shape index (κ3) is 5.97. The molecule has 0 aromatic heterocycles. The van der Waals surface area contributed by atoms with Crippen LogP contribution >= 0.6 is 0 Å². The summed E-state index contributed by atoms with van der Waals surface area (Å²) in [5.41, 5.74) is 7.96. The van der Waals surface area contributed by atoms with Crippen molar-refractivity contribution in [1.29, 1.82) is 0 Å². The highest BCUT2D eigenvalue weighted by atomic mass is 16.7. The molecule has 0 aliphatic heterocycles. The lowest BCUT2D eigenvalue weighted by molar-refractivity contribution is -0.199. The number of Topliss-reactive ketones (excluding diaryl/α,β-unsaturated/α-hetero) is 1. The lowest BCUT2D eigenvalue weighted by Gasteiger charge is -2.29. The Labute approximate surface area is 172 Å². The Bertz CT molecular complexity index is 928.